The van der Waals surface area contributed by atoms with Gasteiger partial charge in [-0.2, -0.15) is 5.26 Å². The lowest BCUT2D eigenvalue weighted by Crippen LogP contribution is -2.48. The number of pyridine rings is 1. The van der Waals surface area contributed by atoms with Gasteiger partial charge in [-0.05, 0) is 30.3 Å². The number of hydrogen-bond acceptors (Lipinski definition) is 5. The third-order valence-electron chi connectivity index (χ3n) is 4.44. The van der Waals surface area contributed by atoms with Crippen molar-refractivity contribution in [1.29, 1.82) is 5.26 Å². The van der Waals surface area contributed by atoms with Gasteiger partial charge in [-0.1, -0.05) is 24.3 Å². The Bertz CT molecular complexity index is 1020. The van der Waals surface area contributed by atoms with Crippen LogP contribution in [0.4, 0.5) is 5.69 Å². The van der Waals surface area contributed by atoms with E-state index in [1.54, 1.807) is 29.3 Å². The van der Waals surface area contributed by atoms with Crippen LogP contribution in [0.25, 0.3) is 10.9 Å². The van der Waals surface area contributed by atoms with Crippen molar-refractivity contribution in [2.75, 3.05) is 24.7 Å². The smallest absolute Gasteiger partial charge is 0.253 e. The number of aromatic nitrogens is 1. The predicted molar refractivity (Wildman–Crippen MR) is 100 cm³/mol. The zero-order valence-electron chi connectivity index (χ0n) is 14.5. The maximum absolute atomic E-state index is 12.3. The first-order valence-corrected chi connectivity index (χ1v) is 8.63. The third-order valence-corrected chi connectivity index (χ3v) is 4.44. The highest BCUT2D eigenvalue weighted by Crippen LogP contribution is 2.24. The molecule has 1 atom stereocenters. The molecule has 4 rings (SSSR count). The van der Waals surface area contributed by atoms with Crippen LogP contribution in [0.2, 0.25) is 0 Å². The number of para-hydroxylation sites is 1. The molecule has 1 saturated heterocycles. The fraction of sp³-hybridized carbons (Fsp3) is 0.190. The number of ether oxygens (including phenoxy) is 2. The van der Waals surface area contributed by atoms with Crippen molar-refractivity contribution >= 4 is 22.5 Å². The minimum absolute atomic E-state index is 0.0153. The highest BCUT2D eigenvalue weighted by Gasteiger charge is 2.28. The molecule has 0 aliphatic carbocycles. The molecular weight excluding hydrogens is 342 g/mol. The largest absolute Gasteiger partial charge is 0.489 e. The van der Waals surface area contributed by atoms with Gasteiger partial charge in [0.25, 0.3) is 5.91 Å². The summed E-state index contributed by atoms with van der Waals surface area (Å²) in [4.78, 5) is 18.3. The second-order valence-electron chi connectivity index (χ2n) is 6.24. The van der Waals surface area contributed by atoms with Crippen LogP contribution in [0.5, 0.6) is 5.75 Å². The van der Waals surface area contributed by atoms with Gasteiger partial charge in [0.05, 0.1) is 18.2 Å². The van der Waals surface area contributed by atoms with Crippen LogP contribution in [0.15, 0.2) is 60.8 Å². The molecule has 1 aromatic heterocycles. The van der Waals surface area contributed by atoms with Crippen molar-refractivity contribution in [3.63, 3.8) is 0 Å². The van der Waals surface area contributed by atoms with E-state index in [9.17, 15) is 4.79 Å². The van der Waals surface area contributed by atoms with Crippen molar-refractivity contribution in [1.82, 2.24) is 4.98 Å². The number of morpholine rings is 1. The van der Waals surface area contributed by atoms with Crippen molar-refractivity contribution in [3.8, 4) is 11.8 Å². The number of carbonyl (C=O) groups is 1. The van der Waals surface area contributed by atoms with Crippen LogP contribution in [-0.2, 0) is 9.53 Å². The Labute approximate surface area is 156 Å². The molecule has 2 heterocycles. The lowest BCUT2D eigenvalue weighted by atomic mass is 10.1. The molecule has 6 heteroatoms. The summed E-state index contributed by atoms with van der Waals surface area (Å²) in [5.74, 6) is 0.555. The summed E-state index contributed by atoms with van der Waals surface area (Å²) < 4.78 is 11.6. The van der Waals surface area contributed by atoms with Gasteiger partial charge in [-0.25, -0.2) is 0 Å². The summed E-state index contributed by atoms with van der Waals surface area (Å²) >= 11 is 0. The topological polar surface area (TPSA) is 75.5 Å². The fourth-order valence-corrected chi connectivity index (χ4v) is 3.09. The van der Waals surface area contributed by atoms with Crippen molar-refractivity contribution in [3.05, 3.63) is 66.4 Å². The molecule has 0 spiro atoms. The molecule has 1 aliphatic heterocycles. The molecule has 1 amide bonds. The van der Waals surface area contributed by atoms with E-state index in [-0.39, 0.29) is 18.6 Å². The Kier molecular flexibility index (Phi) is 4.69. The SMILES string of the molecule is N#Cc1cccc(N2CC(COc3cccc4cccnc34)OCC2=O)c1. The number of hydrogen-bond donors (Lipinski definition) is 0. The third kappa shape index (κ3) is 3.59. The summed E-state index contributed by atoms with van der Waals surface area (Å²) in [5.41, 5.74) is 2.01. The van der Waals surface area contributed by atoms with Gasteiger partial charge in [0.15, 0.2) is 0 Å². The van der Waals surface area contributed by atoms with Gasteiger partial charge in [0.1, 0.15) is 30.6 Å². The molecule has 1 aliphatic rings. The Morgan fingerprint density at radius 3 is 2.96 bits per heavy atom. The normalized spacial score (nSPS) is 16.9. The Hall–Kier alpha value is -3.43. The van der Waals surface area contributed by atoms with Crippen LogP contribution in [0, 0.1) is 11.3 Å². The molecule has 0 saturated carbocycles. The fourth-order valence-electron chi connectivity index (χ4n) is 3.09. The average Bonchev–Trinajstić information content (AvgIpc) is 2.73. The highest BCUT2D eigenvalue weighted by molar-refractivity contribution is 5.95. The number of fused-ring (bicyclic) bond motifs is 1. The molecule has 1 unspecified atom stereocenters. The van der Waals surface area contributed by atoms with Crippen LogP contribution in [0.3, 0.4) is 0 Å². The van der Waals surface area contributed by atoms with Gasteiger partial charge >= 0.3 is 0 Å². The maximum atomic E-state index is 12.3. The quantitative estimate of drug-likeness (QED) is 0.716. The monoisotopic (exact) mass is 359 g/mol. The van der Waals surface area contributed by atoms with E-state index in [1.807, 2.05) is 36.4 Å². The van der Waals surface area contributed by atoms with E-state index in [0.717, 1.165) is 10.9 Å². The number of nitrogens with zero attached hydrogens (tertiary/aromatic N) is 3. The first-order valence-electron chi connectivity index (χ1n) is 8.63. The molecule has 3 aromatic rings. The Morgan fingerprint density at radius 1 is 1.22 bits per heavy atom. The van der Waals surface area contributed by atoms with Crippen molar-refractivity contribution < 1.29 is 14.3 Å². The molecule has 2 aromatic carbocycles. The number of nitriles is 1. The minimum atomic E-state index is -0.271. The lowest BCUT2D eigenvalue weighted by Gasteiger charge is -2.32. The van der Waals surface area contributed by atoms with Crippen molar-refractivity contribution in [2.45, 2.75) is 6.10 Å². The Morgan fingerprint density at radius 2 is 2.07 bits per heavy atom. The van der Waals surface area contributed by atoms with E-state index in [2.05, 4.69) is 11.1 Å². The number of amides is 1. The zero-order chi connectivity index (χ0) is 18.6. The van der Waals surface area contributed by atoms with Gasteiger partial charge in [0.2, 0.25) is 0 Å². The van der Waals surface area contributed by atoms with E-state index in [1.165, 1.54) is 0 Å². The number of benzene rings is 2. The molecule has 0 bridgehead atoms. The summed E-state index contributed by atoms with van der Waals surface area (Å²) in [6, 6.07) is 18.7. The second kappa shape index (κ2) is 7.44. The maximum Gasteiger partial charge on any atom is 0.253 e. The summed E-state index contributed by atoms with van der Waals surface area (Å²) in [6.07, 6.45) is 1.46. The molecule has 6 nitrogen and oxygen atoms in total. The van der Waals surface area contributed by atoms with Crippen LogP contribution < -0.4 is 9.64 Å². The number of anilines is 1. The summed E-state index contributed by atoms with van der Waals surface area (Å²) in [6.45, 7) is 0.655. The van der Waals surface area contributed by atoms with Gasteiger partial charge in [-0.3, -0.25) is 9.78 Å². The molecule has 1 fully saturated rings. The first-order chi connectivity index (χ1) is 13.2. The van der Waals surface area contributed by atoms with Crippen LogP contribution >= 0.6 is 0 Å². The molecule has 0 radical (unpaired) electrons. The van der Waals surface area contributed by atoms with Crippen LogP contribution in [-0.4, -0.2) is 36.8 Å². The van der Waals surface area contributed by atoms with E-state index < -0.39 is 0 Å². The first kappa shape index (κ1) is 17.0. The molecule has 27 heavy (non-hydrogen) atoms. The van der Waals surface area contributed by atoms with Gasteiger partial charge in [0, 0.05) is 17.3 Å². The standard InChI is InChI=1S/C21H17N3O3/c22-11-15-4-1-7-17(10-15)24-12-18(26-14-20(24)25)13-27-19-8-2-5-16-6-3-9-23-21(16)19/h1-10,18H,12-14H2. The molecule has 134 valence electrons. The number of carbonyl (C=O) groups excluding carboxylic acids is 1. The molecular formula is C21H17N3O3. The lowest BCUT2D eigenvalue weighted by molar-refractivity contribution is -0.130. The van der Waals surface area contributed by atoms with Gasteiger partial charge in [-0.15, -0.1) is 0 Å². The van der Waals surface area contributed by atoms with E-state index >= 15 is 0 Å². The van der Waals surface area contributed by atoms with Crippen LogP contribution in [0.1, 0.15) is 5.56 Å². The zero-order valence-corrected chi connectivity index (χ0v) is 14.5. The second-order valence-corrected chi connectivity index (χ2v) is 6.24. The minimum Gasteiger partial charge on any atom is -0.489 e. The average molecular weight is 359 g/mol. The Balaban J connectivity index is 1.48. The highest BCUT2D eigenvalue weighted by atomic mass is 16.5. The van der Waals surface area contributed by atoms with Crippen molar-refractivity contribution in [2.24, 2.45) is 0 Å². The number of rotatable bonds is 4. The summed E-state index contributed by atoms with van der Waals surface area (Å²) in [5, 5.41) is 10.1. The summed E-state index contributed by atoms with van der Waals surface area (Å²) in [7, 11) is 0. The van der Waals surface area contributed by atoms with Gasteiger partial charge < -0.3 is 14.4 Å². The predicted octanol–water partition coefficient (Wildman–Crippen LogP) is 2.92. The molecule has 0 N–H and O–H groups in total. The van der Waals surface area contributed by atoms with E-state index in [0.29, 0.717) is 30.2 Å². The van der Waals surface area contributed by atoms with E-state index in [4.69, 9.17) is 14.7 Å².